The first-order valence-corrected chi connectivity index (χ1v) is 7.07. The minimum atomic E-state index is -0.840. The first kappa shape index (κ1) is 15.1. The molecule has 0 aliphatic carbocycles. The monoisotopic (exact) mass is 316 g/mol. The van der Waals surface area contributed by atoms with Crippen molar-refractivity contribution >= 4 is 17.2 Å². The van der Waals surface area contributed by atoms with Crippen LogP contribution in [0, 0.1) is 11.6 Å². The highest BCUT2D eigenvalue weighted by molar-refractivity contribution is 6.03. The molecule has 0 aliphatic heterocycles. The summed E-state index contributed by atoms with van der Waals surface area (Å²) in [6.45, 7) is 3.94. The molecule has 0 atom stereocenters. The number of nitrogens with zero attached hydrogens (tertiary/aromatic N) is 3. The fourth-order valence-corrected chi connectivity index (χ4v) is 2.24. The number of amides is 1. The van der Waals surface area contributed by atoms with Crippen LogP contribution >= 0.6 is 0 Å². The smallest absolute Gasteiger partial charge is 0.274 e. The Morgan fingerprint density at radius 3 is 2.70 bits per heavy atom. The average Bonchev–Trinajstić information content (AvgIpc) is 2.97. The predicted octanol–water partition coefficient (Wildman–Crippen LogP) is 3.38. The number of hydrogen-bond donors (Lipinski definition) is 1. The summed E-state index contributed by atoms with van der Waals surface area (Å²) < 4.78 is 28.2. The van der Waals surface area contributed by atoms with Gasteiger partial charge in [-0.1, -0.05) is 13.8 Å². The number of hydrogen-bond acceptors (Lipinski definition) is 3. The molecule has 7 heteroatoms. The predicted molar refractivity (Wildman–Crippen MR) is 81.4 cm³/mol. The van der Waals surface area contributed by atoms with Gasteiger partial charge in [0.25, 0.3) is 5.91 Å². The molecule has 5 nitrogen and oxygen atoms in total. The van der Waals surface area contributed by atoms with Crippen LogP contribution in [0.3, 0.4) is 0 Å². The van der Waals surface area contributed by atoms with E-state index in [2.05, 4.69) is 15.4 Å². The molecular formula is C16H14F2N4O. The molecular weight excluding hydrogens is 302 g/mol. The van der Waals surface area contributed by atoms with Gasteiger partial charge in [0.15, 0.2) is 5.65 Å². The number of anilines is 1. The number of benzene rings is 1. The van der Waals surface area contributed by atoms with Gasteiger partial charge in [-0.15, -0.1) is 0 Å². The van der Waals surface area contributed by atoms with Gasteiger partial charge in [-0.25, -0.2) is 18.3 Å². The Hall–Kier alpha value is -2.83. The summed E-state index contributed by atoms with van der Waals surface area (Å²) in [5.41, 5.74) is 1.38. The van der Waals surface area contributed by atoms with E-state index < -0.39 is 17.5 Å². The number of aromatic nitrogens is 3. The number of carbonyl (C=O) groups excluding carboxylic acids is 1. The van der Waals surface area contributed by atoms with Gasteiger partial charge in [-0.05, 0) is 24.1 Å². The Bertz CT molecular complexity index is 889. The summed E-state index contributed by atoms with van der Waals surface area (Å²) in [7, 11) is 0. The van der Waals surface area contributed by atoms with E-state index in [4.69, 9.17) is 0 Å². The normalized spacial score (nSPS) is 11.2. The second kappa shape index (κ2) is 5.75. The largest absolute Gasteiger partial charge is 0.318 e. The van der Waals surface area contributed by atoms with E-state index in [1.54, 1.807) is 22.8 Å². The van der Waals surface area contributed by atoms with Gasteiger partial charge < -0.3 is 5.32 Å². The molecule has 3 aromatic rings. The molecule has 0 saturated carbocycles. The zero-order valence-corrected chi connectivity index (χ0v) is 12.5. The summed E-state index contributed by atoms with van der Waals surface area (Å²) >= 11 is 0. The van der Waals surface area contributed by atoms with E-state index in [-0.39, 0.29) is 17.3 Å². The molecule has 118 valence electrons. The van der Waals surface area contributed by atoms with Crippen molar-refractivity contribution in [3.63, 3.8) is 0 Å². The first-order chi connectivity index (χ1) is 11.0. The minimum Gasteiger partial charge on any atom is -0.318 e. The number of nitrogens with one attached hydrogen (secondary N) is 1. The van der Waals surface area contributed by atoms with Crippen LogP contribution in [0.25, 0.3) is 5.65 Å². The number of carbonyl (C=O) groups is 1. The Labute approximate surface area is 131 Å². The highest BCUT2D eigenvalue weighted by Gasteiger charge is 2.16. The van der Waals surface area contributed by atoms with E-state index >= 15 is 0 Å². The second-order valence-electron chi connectivity index (χ2n) is 5.40. The van der Waals surface area contributed by atoms with Crippen LogP contribution in [-0.4, -0.2) is 20.5 Å². The van der Waals surface area contributed by atoms with Crippen molar-refractivity contribution in [1.29, 1.82) is 0 Å². The Morgan fingerprint density at radius 2 is 2.00 bits per heavy atom. The molecule has 0 bridgehead atoms. The Morgan fingerprint density at radius 1 is 1.22 bits per heavy atom. The molecule has 2 heterocycles. The molecule has 1 amide bonds. The third-order valence-corrected chi connectivity index (χ3v) is 3.39. The molecule has 1 N–H and O–H groups in total. The summed E-state index contributed by atoms with van der Waals surface area (Å²) in [6.07, 6.45) is 1.59. The number of rotatable bonds is 3. The van der Waals surface area contributed by atoms with E-state index in [1.807, 2.05) is 13.8 Å². The molecule has 0 radical (unpaired) electrons. The van der Waals surface area contributed by atoms with Gasteiger partial charge in [-0.3, -0.25) is 4.79 Å². The molecule has 3 rings (SSSR count). The average molecular weight is 316 g/mol. The van der Waals surface area contributed by atoms with E-state index in [9.17, 15) is 13.6 Å². The van der Waals surface area contributed by atoms with Crippen molar-refractivity contribution in [2.45, 2.75) is 19.8 Å². The van der Waals surface area contributed by atoms with Crippen LogP contribution in [0.5, 0.6) is 0 Å². The van der Waals surface area contributed by atoms with E-state index in [0.717, 1.165) is 11.8 Å². The third-order valence-electron chi connectivity index (χ3n) is 3.39. The van der Waals surface area contributed by atoms with Crippen molar-refractivity contribution in [2.24, 2.45) is 0 Å². The molecule has 0 fully saturated rings. The van der Waals surface area contributed by atoms with Crippen LogP contribution in [0.4, 0.5) is 14.5 Å². The standard InChI is InChI=1S/C16H14F2N4O/c1-9(2)14-8-13(20-15-5-6-19-22(14)15)16(23)21-12-4-3-10(17)7-11(12)18/h3-9H,1-2H3,(H,21,23). The third kappa shape index (κ3) is 2.90. The number of halogens is 2. The molecule has 0 spiro atoms. The fourth-order valence-electron chi connectivity index (χ4n) is 2.24. The Kier molecular flexibility index (Phi) is 3.77. The van der Waals surface area contributed by atoms with Crippen LogP contribution in [0.15, 0.2) is 36.5 Å². The minimum absolute atomic E-state index is 0.0994. The molecule has 23 heavy (non-hydrogen) atoms. The van der Waals surface area contributed by atoms with Gasteiger partial charge in [-0.2, -0.15) is 5.10 Å². The van der Waals surface area contributed by atoms with Crippen LogP contribution in [0.2, 0.25) is 0 Å². The highest BCUT2D eigenvalue weighted by atomic mass is 19.1. The lowest BCUT2D eigenvalue weighted by Crippen LogP contribution is -2.17. The zero-order valence-electron chi connectivity index (χ0n) is 12.5. The topological polar surface area (TPSA) is 59.3 Å². The first-order valence-electron chi connectivity index (χ1n) is 7.07. The fraction of sp³-hybridized carbons (Fsp3) is 0.188. The van der Waals surface area contributed by atoms with Crippen LogP contribution in [-0.2, 0) is 0 Å². The maximum Gasteiger partial charge on any atom is 0.274 e. The van der Waals surface area contributed by atoms with Gasteiger partial charge in [0, 0.05) is 17.8 Å². The van der Waals surface area contributed by atoms with Crippen LogP contribution < -0.4 is 5.32 Å². The maximum absolute atomic E-state index is 13.6. The molecule has 2 aromatic heterocycles. The molecule has 0 saturated heterocycles. The molecule has 0 unspecified atom stereocenters. The maximum atomic E-state index is 13.6. The SMILES string of the molecule is CC(C)c1cc(C(=O)Nc2ccc(F)cc2F)nc2ccnn12. The van der Waals surface area contributed by atoms with Crippen LogP contribution in [0.1, 0.15) is 35.9 Å². The molecule has 0 aliphatic rings. The lowest BCUT2D eigenvalue weighted by molar-refractivity contribution is 0.102. The number of fused-ring (bicyclic) bond motifs is 1. The highest BCUT2D eigenvalue weighted by Crippen LogP contribution is 2.19. The Balaban J connectivity index is 1.97. The lowest BCUT2D eigenvalue weighted by Gasteiger charge is -2.11. The van der Waals surface area contributed by atoms with Gasteiger partial charge >= 0.3 is 0 Å². The van der Waals surface area contributed by atoms with Crippen molar-refractivity contribution in [3.05, 3.63) is 59.6 Å². The van der Waals surface area contributed by atoms with Gasteiger partial charge in [0.1, 0.15) is 17.3 Å². The second-order valence-corrected chi connectivity index (χ2v) is 5.40. The quantitative estimate of drug-likeness (QED) is 0.806. The van der Waals surface area contributed by atoms with Gasteiger partial charge in [0.05, 0.1) is 11.9 Å². The van der Waals surface area contributed by atoms with E-state index in [1.165, 1.54) is 6.07 Å². The van der Waals surface area contributed by atoms with Gasteiger partial charge in [0.2, 0.25) is 0 Å². The summed E-state index contributed by atoms with van der Waals surface area (Å²) in [4.78, 5) is 16.5. The summed E-state index contributed by atoms with van der Waals surface area (Å²) in [5, 5.41) is 6.57. The lowest BCUT2D eigenvalue weighted by atomic mass is 10.1. The van der Waals surface area contributed by atoms with Crippen molar-refractivity contribution in [3.8, 4) is 0 Å². The van der Waals surface area contributed by atoms with Crippen molar-refractivity contribution < 1.29 is 13.6 Å². The summed E-state index contributed by atoms with van der Waals surface area (Å²) in [6, 6.07) is 6.25. The molecule has 1 aromatic carbocycles. The zero-order chi connectivity index (χ0) is 16.6. The van der Waals surface area contributed by atoms with Crippen molar-refractivity contribution in [1.82, 2.24) is 14.6 Å². The van der Waals surface area contributed by atoms with Crippen molar-refractivity contribution in [2.75, 3.05) is 5.32 Å². The van der Waals surface area contributed by atoms with E-state index in [0.29, 0.717) is 11.7 Å². The summed E-state index contributed by atoms with van der Waals surface area (Å²) in [5.74, 6) is -2.00.